The molecule has 0 saturated carbocycles. The fourth-order valence-corrected chi connectivity index (χ4v) is 4.17. The molecule has 158 valence electrons. The minimum atomic E-state index is 0.343. The number of aromatic nitrogens is 4. The first-order chi connectivity index (χ1) is 15.2. The van der Waals surface area contributed by atoms with Gasteiger partial charge in [-0.05, 0) is 36.8 Å². The summed E-state index contributed by atoms with van der Waals surface area (Å²) in [5, 5.41) is 13.5. The summed E-state index contributed by atoms with van der Waals surface area (Å²) >= 11 is 0. The maximum Gasteiger partial charge on any atom is 0.185 e. The smallest absolute Gasteiger partial charge is 0.185 e. The summed E-state index contributed by atoms with van der Waals surface area (Å²) < 4.78 is 7.23. The summed E-state index contributed by atoms with van der Waals surface area (Å²) in [5.74, 6) is 2.63. The Bertz CT molecular complexity index is 1170. The molecule has 0 radical (unpaired) electrons. The molecule has 4 aromatic rings. The van der Waals surface area contributed by atoms with E-state index in [0.29, 0.717) is 6.04 Å². The highest BCUT2D eigenvalue weighted by atomic mass is 16.5. The Morgan fingerprint density at radius 1 is 0.871 bits per heavy atom. The molecule has 1 unspecified atom stereocenters. The van der Waals surface area contributed by atoms with E-state index in [9.17, 15) is 0 Å². The third-order valence-corrected chi connectivity index (χ3v) is 6.04. The summed E-state index contributed by atoms with van der Waals surface area (Å²) in [6, 6.07) is 22.8. The fourth-order valence-electron chi connectivity index (χ4n) is 4.17. The van der Waals surface area contributed by atoms with E-state index in [1.807, 2.05) is 53.0 Å². The summed E-state index contributed by atoms with van der Waals surface area (Å²) in [6.45, 7) is 6.07. The van der Waals surface area contributed by atoms with Crippen LogP contribution in [0.15, 0.2) is 66.7 Å². The van der Waals surface area contributed by atoms with Crippen LogP contribution in [0.3, 0.4) is 0 Å². The van der Waals surface area contributed by atoms with Crippen LogP contribution < -0.4 is 9.64 Å². The number of anilines is 1. The highest BCUT2D eigenvalue weighted by Crippen LogP contribution is 2.26. The van der Waals surface area contributed by atoms with Crippen LogP contribution >= 0.6 is 0 Å². The van der Waals surface area contributed by atoms with Gasteiger partial charge in [-0.15, -0.1) is 15.3 Å². The molecule has 31 heavy (non-hydrogen) atoms. The van der Waals surface area contributed by atoms with Crippen LogP contribution in [0.1, 0.15) is 18.5 Å². The molecule has 0 bridgehead atoms. The van der Waals surface area contributed by atoms with Crippen LogP contribution in [-0.2, 0) is 0 Å². The number of nitrogens with zero attached hydrogens (tertiary/aromatic N) is 6. The second-order valence-electron chi connectivity index (χ2n) is 7.83. The molecule has 0 amide bonds. The van der Waals surface area contributed by atoms with Crippen molar-refractivity contribution in [3.63, 3.8) is 0 Å². The number of benzene rings is 2. The van der Waals surface area contributed by atoms with Gasteiger partial charge >= 0.3 is 0 Å². The number of piperazine rings is 1. The average Bonchev–Trinajstić information content (AvgIpc) is 3.27. The standard InChI is InChI=1S/C24H26N6O/c1-18(20-9-6-10-21(17-20)31-2)28-13-15-29(16-14-28)23-12-11-22-25-26-24(30(22)27-23)19-7-4-3-5-8-19/h3-12,17-18H,13-16H2,1-2H3. The second kappa shape index (κ2) is 8.35. The zero-order valence-corrected chi connectivity index (χ0v) is 17.8. The van der Waals surface area contributed by atoms with E-state index in [1.165, 1.54) is 5.56 Å². The molecule has 7 heteroatoms. The number of rotatable bonds is 5. The lowest BCUT2D eigenvalue weighted by molar-refractivity contribution is 0.198. The molecule has 1 atom stereocenters. The zero-order valence-electron chi connectivity index (χ0n) is 17.8. The number of ether oxygens (including phenoxy) is 1. The predicted molar refractivity (Wildman–Crippen MR) is 121 cm³/mol. The van der Waals surface area contributed by atoms with Gasteiger partial charge < -0.3 is 9.64 Å². The van der Waals surface area contributed by atoms with Crippen molar-refractivity contribution in [3.8, 4) is 17.1 Å². The van der Waals surface area contributed by atoms with E-state index in [4.69, 9.17) is 9.84 Å². The molecule has 0 N–H and O–H groups in total. The van der Waals surface area contributed by atoms with E-state index >= 15 is 0 Å². The average molecular weight is 415 g/mol. The Labute approximate surface area is 181 Å². The molecule has 3 heterocycles. The van der Waals surface area contributed by atoms with Gasteiger partial charge in [0.05, 0.1) is 7.11 Å². The van der Waals surface area contributed by atoms with Gasteiger partial charge in [-0.2, -0.15) is 4.52 Å². The van der Waals surface area contributed by atoms with Crippen LogP contribution in [-0.4, -0.2) is 58.0 Å². The van der Waals surface area contributed by atoms with Gasteiger partial charge in [0, 0.05) is 37.8 Å². The normalized spacial score (nSPS) is 15.9. The van der Waals surface area contributed by atoms with Crippen LogP contribution in [0.4, 0.5) is 5.82 Å². The van der Waals surface area contributed by atoms with Crippen LogP contribution in [0.5, 0.6) is 5.75 Å². The van der Waals surface area contributed by atoms with Gasteiger partial charge in [0.1, 0.15) is 11.6 Å². The number of methoxy groups -OCH3 is 1. The third-order valence-electron chi connectivity index (χ3n) is 6.04. The van der Waals surface area contributed by atoms with Gasteiger partial charge in [-0.1, -0.05) is 42.5 Å². The molecular formula is C24H26N6O. The lowest BCUT2D eigenvalue weighted by Crippen LogP contribution is -2.47. The Hall–Kier alpha value is -3.45. The molecule has 1 aliphatic rings. The molecule has 5 rings (SSSR count). The van der Waals surface area contributed by atoms with E-state index in [0.717, 1.165) is 54.8 Å². The molecule has 1 fully saturated rings. The maximum atomic E-state index is 5.39. The van der Waals surface area contributed by atoms with Crippen molar-refractivity contribution in [1.29, 1.82) is 0 Å². The Morgan fingerprint density at radius 3 is 2.45 bits per heavy atom. The van der Waals surface area contributed by atoms with Crippen LogP contribution in [0, 0.1) is 0 Å². The lowest BCUT2D eigenvalue weighted by Gasteiger charge is -2.38. The maximum absolute atomic E-state index is 5.39. The Balaban J connectivity index is 1.32. The third kappa shape index (κ3) is 3.84. The van der Waals surface area contributed by atoms with E-state index in [-0.39, 0.29) is 0 Å². The first-order valence-electron chi connectivity index (χ1n) is 10.6. The Kier molecular flexibility index (Phi) is 5.26. The second-order valence-corrected chi connectivity index (χ2v) is 7.83. The molecule has 0 aliphatic carbocycles. The van der Waals surface area contributed by atoms with Crippen molar-refractivity contribution in [3.05, 3.63) is 72.3 Å². The fraction of sp³-hybridized carbons (Fsp3) is 0.292. The monoisotopic (exact) mass is 414 g/mol. The van der Waals surface area contributed by atoms with Crippen LogP contribution in [0.25, 0.3) is 17.0 Å². The quantitative estimate of drug-likeness (QED) is 0.497. The predicted octanol–water partition coefficient (Wildman–Crippen LogP) is 3.68. The molecular weight excluding hydrogens is 388 g/mol. The van der Waals surface area contributed by atoms with Crippen molar-refractivity contribution in [1.82, 2.24) is 24.7 Å². The zero-order chi connectivity index (χ0) is 21.2. The van der Waals surface area contributed by atoms with E-state index in [2.05, 4.69) is 45.1 Å². The summed E-state index contributed by atoms with van der Waals surface area (Å²) in [4.78, 5) is 4.85. The van der Waals surface area contributed by atoms with Gasteiger partial charge in [0.2, 0.25) is 0 Å². The highest BCUT2D eigenvalue weighted by molar-refractivity contribution is 5.59. The molecule has 2 aromatic heterocycles. The number of hydrogen-bond acceptors (Lipinski definition) is 6. The summed E-state index contributed by atoms with van der Waals surface area (Å²) in [7, 11) is 1.71. The van der Waals surface area contributed by atoms with E-state index < -0.39 is 0 Å². The first kappa shape index (κ1) is 19.5. The topological polar surface area (TPSA) is 58.8 Å². The Morgan fingerprint density at radius 2 is 1.68 bits per heavy atom. The van der Waals surface area contributed by atoms with Crippen molar-refractivity contribution in [2.75, 3.05) is 38.2 Å². The van der Waals surface area contributed by atoms with Crippen molar-refractivity contribution in [2.45, 2.75) is 13.0 Å². The number of hydrogen-bond donors (Lipinski definition) is 0. The van der Waals surface area contributed by atoms with Crippen molar-refractivity contribution >= 4 is 11.5 Å². The molecule has 7 nitrogen and oxygen atoms in total. The minimum Gasteiger partial charge on any atom is -0.497 e. The molecule has 1 saturated heterocycles. The number of fused-ring (bicyclic) bond motifs is 1. The highest BCUT2D eigenvalue weighted by Gasteiger charge is 2.23. The van der Waals surface area contributed by atoms with Gasteiger partial charge in [-0.3, -0.25) is 4.90 Å². The minimum absolute atomic E-state index is 0.343. The molecule has 0 spiro atoms. The molecule has 2 aromatic carbocycles. The van der Waals surface area contributed by atoms with Crippen molar-refractivity contribution in [2.24, 2.45) is 0 Å². The van der Waals surface area contributed by atoms with Gasteiger partial charge in [0.15, 0.2) is 11.5 Å². The van der Waals surface area contributed by atoms with Gasteiger partial charge in [0.25, 0.3) is 0 Å². The van der Waals surface area contributed by atoms with Gasteiger partial charge in [-0.25, -0.2) is 0 Å². The summed E-state index contributed by atoms with van der Waals surface area (Å²) in [5.41, 5.74) is 3.05. The first-order valence-corrected chi connectivity index (χ1v) is 10.6. The SMILES string of the molecule is COc1cccc(C(C)N2CCN(c3ccc4nnc(-c5ccccc5)n4n3)CC2)c1. The largest absolute Gasteiger partial charge is 0.497 e. The van der Waals surface area contributed by atoms with Crippen LogP contribution in [0.2, 0.25) is 0 Å². The molecule has 1 aliphatic heterocycles. The van der Waals surface area contributed by atoms with Crippen molar-refractivity contribution < 1.29 is 4.74 Å². The van der Waals surface area contributed by atoms with E-state index in [1.54, 1.807) is 7.11 Å². The lowest BCUT2D eigenvalue weighted by atomic mass is 10.1. The summed E-state index contributed by atoms with van der Waals surface area (Å²) in [6.07, 6.45) is 0.